The molecule has 9 nitrogen and oxygen atoms in total. The van der Waals surface area contributed by atoms with E-state index in [-0.39, 0.29) is 17.5 Å². The van der Waals surface area contributed by atoms with Gasteiger partial charge in [-0.15, -0.1) is 0 Å². The van der Waals surface area contributed by atoms with Crippen LogP contribution in [0.4, 0.5) is 4.79 Å². The summed E-state index contributed by atoms with van der Waals surface area (Å²) in [5, 5.41) is 21.6. The van der Waals surface area contributed by atoms with Crippen LogP contribution in [0.3, 0.4) is 0 Å². The summed E-state index contributed by atoms with van der Waals surface area (Å²) in [6.07, 6.45) is 0.951. The second-order valence-corrected chi connectivity index (χ2v) is 8.21. The van der Waals surface area contributed by atoms with Crippen molar-refractivity contribution in [3.8, 4) is 11.5 Å². The van der Waals surface area contributed by atoms with Crippen LogP contribution in [0.5, 0.6) is 11.5 Å². The summed E-state index contributed by atoms with van der Waals surface area (Å²) in [6.45, 7) is 10.9. The van der Waals surface area contributed by atoms with Crippen LogP contribution < -0.4 is 14.8 Å². The molecule has 3 N–H and O–H groups in total. The number of amides is 1. The van der Waals surface area contributed by atoms with Crippen molar-refractivity contribution in [1.82, 2.24) is 5.32 Å². The minimum atomic E-state index is -2.81. The number of alkyl carbamates (subject to hydrolysis) is 1. The number of rotatable bonds is 7. The maximum absolute atomic E-state index is 12.1. The van der Waals surface area contributed by atoms with Crippen molar-refractivity contribution in [2.24, 2.45) is 0 Å². The summed E-state index contributed by atoms with van der Waals surface area (Å²) < 4.78 is 15.9. The fraction of sp³-hybridized carbons (Fsp3) is 0.571. The summed E-state index contributed by atoms with van der Waals surface area (Å²) >= 11 is 0. The summed E-state index contributed by atoms with van der Waals surface area (Å²) in [6, 6.07) is 1.32. The Morgan fingerprint density at radius 2 is 1.70 bits per heavy atom. The van der Waals surface area contributed by atoms with Gasteiger partial charge in [-0.2, -0.15) is 0 Å². The quantitative estimate of drug-likeness (QED) is 0.571. The lowest BCUT2D eigenvalue weighted by Gasteiger charge is -2.23. The van der Waals surface area contributed by atoms with Gasteiger partial charge in [0.25, 0.3) is 0 Å². The van der Waals surface area contributed by atoms with E-state index in [1.165, 1.54) is 0 Å². The number of carboxylic acid groups (broad SMARTS) is 2. The summed E-state index contributed by atoms with van der Waals surface area (Å²) in [7, 11) is 0. The molecule has 1 aromatic carbocycles. The first-order valence-electron chi connectivity index (χ1n) is 9.86. The minimum absolute atomic E-state index is 0.0880. The van der Waals surface area contributed by atoms with Gasteiger partial charge in [-0.05, 0) is 64.2 Å². The highest BCUT2D eigenvalue weighted by molar-refractivity contribution is 6.01. The predicted octanol–water partition coefficient (Wildman–Crippen LogP) is 2.90. The summed E-state index contributed by atoms with van der Waals surface area (Å²) in [5.74, 6) is -6.10. The molecule has 0 saturated heterocycles. The van der Waals surface area contributed by atoms with Crippen LogP contribution in [-0.2, 0) is 33.6 Å². The normalized spacial score (nSPS) is 15.4. The second-order valence-electron chi connectivity index (χ2n) is 8.21. The van der Waals surface area contributed by atoms with Crippen LogP contribution >= 0.6 is 0 Å². The van der Waals surface area contributed by atoms with Crippen molar-refractivity contribution in [2.45, 2.75) is 78.2 Å². The maximum Gasteiger partial charge on any atom is 0.453 e. The Hall–Kier alpha value is -2.97. The third kappa shape index (κ3) is 4.60. The molecule has 2 rings (SSSR count). The molecule has 1 amide bonds. The van der Waals surface area contributed by atoms with Crippen molar-refractivity contribution >= 4 is 18.0 Å². The topological polar surface area (TPSA) is 131 Å². The van der Waals surface area contributed by atoms with E-state index in [4.69, 9.17) is 14.2 Å². The Morgan fingerprint density at radius 3 is 2.17 bits per heavy atom. The molecule has 1 heterocycles. The zero-order chi connectivity index (χ0) is 22.9. The van der Waals surface area contributed by atoms with E-state index in [0.717, 1.165) is 11.1 Å². The lowest BCUT2D eigenvalue weighted by molar-refractivity contribution is -0.194. The van der Waals surface area contributed by atoms with Crippen LogP contribution in [0.1, 0.15) is 58.2 Å². The fourth-order valence-corrected chi connectivity index (χ4v) is 3.37. The minimum Gasteiger partial charge on any atom is -0.475 e. The van der Waals surface area contributed by atoms with Gasteiger partial charge in [0.1, 0.15) is 5.60 Å². The number of aryl methyl sites for hydroxylation is 1. The van der Waals surface area contributed by atoms with Gasteiger partial charge < -0.3 is 29.7 Å². The van der Waals surface area contributed by atoms with Crippen LogP contribution in [0.25, 0.3) is 0 Å². The lowest BCUT2D eigenvalue weighted by atomic mass is 9.91. The Balaban J connectivity index is 2.38. The van der Waals surface area contributed by atoms with E-state index in [1.54, 1.807) is 26.8 Å². The van der Waals surface area contributed by atoms with E-state index < -0.39 is 29.4 Å². The van der Waals surface area contributed by atoms with Crippen LogP contribution in [0.15, 0.2) is 6.07 Å². The molecule has 1 aromatic rings. The first-order chi connectivity index (χ1) is 13.8. The van der Waals surface area contributed by atoms with Gasteiger partial charge in [-0.3, -0.25) is 0 Å². The first-order valence-corrected chi connectivity index (χ1v) is 9.86. The summed E-state index contributed by atoms with van der Waals surface area (Å²) in [5.41, 5.74) is 1.76. The highest BCUT2D eigenvalue weighted by atomic mass is 16.8. The van der Waals surface area contributed by atoms with Crippen molar-refractivity contribution in [1.29, 1.82) is 0 Å². The van der Waals surface area contributed by atoms with Crippen molar-refractivity contribution in [2.75, 3.05) is 0 Å². The number of hydrogen-bond acceptors (Lipinski definition) is 6. The van der Waals surface area contributed by atoms with Gasteiger partial charge in [0.2, 0.25) is 0 Å². The average Bonchev–Trinajstić information content (AvgIpc) is 3.00. The van der Waals surface area contributed by atoms with E-state index in [9.17, 15) is 24.6 Å². The first kappa shape index (κ1) is 23.3. The van der Waals surface area contributed by atoms with Crippen LogP contribution in [0, 0.1) is 0 Å². The number of aliphatic carboxylic acids is 2. The van der Waals surface area contributed by atoms with E-state index >= 15 is 0 Å². The Labute approximate surface area is 175 Å². The van der Waals surface area contributed by atoms with Crippen molar-refractivity contribution < 1.29 is 38.8 Å². The molecule has 0 radical (unpaired) electrons. The Bertz CT molecular complexity index is 842. The van der Waals surface area contributed by atoms with Gasteiger partial charge in [-0.1, -0.05) is 13.8 Å². The second kappa shape index (κ2) is 8.41. The highest BCUT2D eigenvalue weighted by Gasteiger charge is 2.58. The molecule has 0 fully saturated rings. The molecule has 0 aliphatic carbocycles. The van der Waals surface area contributed by atoms with E-state index in [0.29, 0.717) is 24.8 Å². The van der Waals surface area contributed by atoms with E-state index in [1.807, 2.05) is 20.8 Å². The largest absolute Gasteiger partial charge is 0.475 e. The third-order valence-electron chi connectivity index (χ3n) is 4.63. The number of ether oxygens (including phenoxy) is 3. The molecule has 30 heavy (non-hydrogen) atoms. The van der Waals surface area contributed by atoms with Crippen LogP contribution in [0.2, 0.25) is 0 Å². The SMILES string of the molecule is CCc1cc2c(c(CC)c1C[C@@H](C)NC(=O)OC(C)(C)C)OC(C(=O)O)(C(=O)O)O2. The number of hydrogen-bond donors (Lipinski definition) is 3. The Morgan fingerprint density at radius 1 is 1.10 bits per heavy atom. The van der Waals surface area contributed by atoms with Crippen LogP contribution in [-0.4, -0.2) is 45.7 Å². The highest BCUT2D eigenvalue weighted by Crippen LogP contribution is 2.45. The fourth-order valence-electron chi connectivity index (χ4n) is 3.37. The maximum atomic E-state index is 12.1. The molecule has 1 aliphatic rings. The number of benzene rings is 1. The molecule has 1 aliphatic heterocycles. The monoisotopic (exact) mass is 423 g/mol. The molecule has 0 bridgehead atoms. The number of carboxylic acids is 2. The van der Waals surface area contributed by atoms with Gasteiger partial charge in [-0.25, -0.2) is 14.4 Å². The standard InChI is InChI=1S/C21H29NO8/c1-7-12-10-15-16(29-21(28-15,17(23)24)18(25)26)13(8-2)14(12)9-11(3)22-19(27)30-20(4,5)6/h10-11H,7-9H2,1-6H3,(H,22,27)(H,23,24)(H,25,26)/t11-/m1/s1. The van der Waals surface area contributed by atoms with Crippen molar-refractivity contribution in [3.05, 3.63) is 22.8 Å². The zero-order valence-corrected chi connectivity index (χ0v) is 18.1. The van der Waals surface area contributed by atoms with Gasteiger partial charge in [0.15, 0.2) is 11.5 Å². The molecule has 166 valence electrons. The molecular formula is C21H29NO8. The molecule has 0 saturated carbocycles. The molecule has 9 heteroatoms. The van der Waals surface area contributed by atoms with Gasteiger partial charge >= 0.3 is 23.8 Å². The Kier molecular flexibility index (Phi) is 6.54. The van der Waals surface area contributed by atoms with Gasteiger partial charge in [0, 0.05) is 11.6 Å². The molecule has 1 atom stereocenters. The van der Waals surface area contributed by atoms with Crippen molar-refractivity contribution in [3.63, 3.8) is 0 Å². The van der Waals surface area contributed by atoms with E-state index in [2.05, 4.69) is 5.32 Å². The summed E-state index contributed by atoms with van der Waals surface area (Å²) in [4.78, 5) is 35.3. The predicted molar refractivity (Wildman–Crippen MR) is 107 cm³/mol. The molecular weight excluding hydrogens is 394 g/mol. The number of fused-ring (bicyclic) bond motifs is 1. The molecule has 0 unspecified atom stereocenters. The number of nitrogens with one attached hydrogen (secondary N) is 1. The lowest BCUT2D eigenvalue weighted by Crippen LogP contribution is -2.54. The smallest absolute Gasteiger partial charge is 0.453 e. The third-order valence-corrected chi connectivity index (χ3v) is 4.63. The molecule has 0 spiro atoms. The number of carbonyl (C=O) groups is 3. The van der Waals surface area contributed by atoms with Gasteiger partial charge in [0.05, 0.1) is 0 Å². The zero-order valence-electron chi connectivity index (χ0n) is 18.1. The molecule has 0 aromatic heterocycles. The average molecular weight is 423 g/mol. The number of carbonyl (C=O) groups excluding carboxylic acids is 1.